The zero-order valence-corrected chi connectivity index (χ0v) is 22.5. The highest BCUT2D eigenvalue weighted by molar-refractivity contribution is 7.88. The molecule has 2 aromatic rings. The van der Waals surface area contributed by atoms with Crippen LogP contribution in [0.25, 0.3) is 0 Å². The first-order chi connectivity index (χ1) is 16.4. The predicted octanol–water partition coefficient (Wildman–Crippen LogP) is 5.34. The molecule has 0 radical (unpaired) electrons. The Kier molecular flexibility index (Phi) is 8.83. The average Bonchev–Trinajstić information content (AvgIpc) is 2.81. The lowest BCUT2D eigenvalue weighted by molar-refractivity contribution is -0.126. The fourth-order valence-corrected chi connectivity index (χ4v) is 6.48. The minimum atomic E-state index is -3.76. The minimum absolute atomic E-state index is 0.0292. The van der Waals surface area contributed by atoms with Crippen molar-refractivity contribution in [3.8, 4) is 5.75 Å². The molecule has 1 saturated heterocycles. The highest BCUT2D eigenvalue weighted by Crippen LogP contribution is 2.32. The van der Waals surface area contributed by atoms with Crippen molar-refractivity contribution in [2.45, 2.75) is 58.2 Å². The Labute approximate surface area is 212 Å². The van der Waals surface area contributed by atoms with Crippen molar-refractivity contribution in [2.75, 3.05) is 20.2 Å². The third-order valence-electron chi connectivity index (χ3n) is 6.67. The SMILES string of the molecule is COc1cc(C)c([C@H](C)NC(=O)C2CCN(S(=O)(=O)Cc3c(F)cccc3Cl)CC2)cc1C(C)C. The lowest BCUT2D eigenvalue weighted by atomic mass is 9.92. The molecule has 1 amide bonds. The van der Waals surface area contributed by atoms with Gasteiger partial charge in [0.05, 0.1) is 18.9 Å². The van der Waals surface area contributed by atoms with Gasteiger partial charge in [0.15, 0.2) is 0 Å². The van der Waals surface area contributed by atoms with E-state index in [0.717, 1.165) is 22.4 Å². The van der Waals surface area contributed by atoms with Crippen molar-refractivity contribution in [3.63, 3.8) is 0 Å². The fourth-order valence-electron chi connectivity index (χ4n) is 4.56. The number of hydrogen-bond donors (Lipinski definition) is 1. The van der Waals surface area contributed by atoms with E-state index in [0.29, 0.717) is 12.8 Å². The molecule has 1 N–H and O–H groups in total. The molecule has 9 heteroatoms. The number of nitrogens with one attached hydrogen (secondary N) is 1. The molecule has 1 atom stereocenters. The third-order valence-corrected chi connectivity index (χ3v) is 8.83. The van der Waals surface area contributed by atoms with Crippen LogP contribution in [0.4, 0.5) is 4.39 Å². The molecule has 192 valence electrons. The Hall–Kier alpha value is -2.16. The molecule has 1 fully saturated rings. The number of halogens is 2. The number of ether oxygens (including phenoxy) is 1. The van der Waals surface area contributed by atoms with E-state index in [2.05, 4.69) is 25.2 Å². The van der Waals surface area contributed by atoms with Gasteiger partial charge in [-0.05, 0) is 73.6 Å². The summed E-state index contributed by atoms with van der Waals surface area (Å²) < 4.78 is 46.7. The zero-order valence-electron chi connectivity index (χ0n) is 20.9. The molecule has 1 aliphatic heterocycles. The number of sulfonamides is 1. The van der Waals surface area contributed by atoms with Crippen LogP contribution in [0.15, 0.2) is 30.3 Å². The number of hydrogen-bond acceptors (Lipinski definition) is 4. The maximum absolute atomic E-state index is 14.1. The van der Waals surface area contributed by atoms with Gasteiger partial charge in [0.25, 0.3) is 0 Å². The zero-order chi connectivity index (χ0) is 25.9. The first-order valence-corrected chi connectivity index (χ1v) is 13.8. The number of methoxy groups -OCH3 is 1. The summed E-state index contributed by atoms with van der Waals surface area (Å²) in [7, 11) is -2.10. The van der Waals surface area contributed by atoms with Gasteiger partial charge in [0.1, 0.15) is 11.6 Å². The molecule has 0 spiro atoms. The normalized spacial score (nSPS) is 16.3. The topological polar surface area (TPSA) is 75.7 Å². The highest BCUT2D eigenvalue weighted by Gasteiger charge is 2.32. The van der Waals surface area contributed by atoms with E-state index in [1.807, 2.05) is 19.9 Å². The molecule has 1 aliphatic rings. The van der Waals surface area contributed by atoms with Crippen LogP contribution in [0, 0.1) is 18.7 Å². The molecule has 35 heavy (non-hydrogen) atoms. The van der Waals surface area contributed by atoms with Gasteiger partial charge in [-0.25, -0.2) is 17.1 Å². The number of carbonyl (C=O) groups excluding carboxylic acids is 1. The van der Waals surface area contributed by atoms with Gasteiger partial charge < -0.3 is 10.1 Å². The van der Waals surface area contributed by atoms with Crippen LogP contribution >= 0.6 is 11.6 Å². The molecule has 0 saturated carbocycles. The fraction of sp³-hybridized carbons (Fsp3) is 0.500. The van der Waals surface area contributed by atoms with Gasteiger partial charge in [0.2, 0.25) is 15.9 Å². The van der Waals surface area contributed by atoms with Crippen LogP contribution in [-0.4, -0.2) is 38.8 Å². The van der Waals surface area contributed by atoms with E-state index in [9.17, 15) is 17.6 Å². The van der Waals surface area contributed by atoms with Gasteiger partial charge in [0, 0.05) is 29.6 Å². The second-order valence-electron chi connectivity index (χ2n) is 9.47. The van der Waals surface area contributed by atoms with Gasteiger partial charge in [-0.3, -0.25) is 4.79 Å². The smallest absolute Gasteiger partial charge is 0.223 e. The molecule has 0 aliphatic carbocycles. The Bertz CT molecular complexity index is 1160. The number of piperidine rings is 1. The average molecular weight is 525 g/mol. The number of nitrogens with zero attached hydrogens (tertiary/aromatic N) is 1. The van der Waals surface area contributed by atoms with Crippen LogP contribution in [-0.2, 0) is 20.6 Å². The Morgan fingerprint density at radius 2 is 1.86 bits per heavy atom. The summed E-state index contributed by atoms with van der Waals surface area (Å²) in [5.74, 6) is -0.403. The van der Waals surface area contributed by atoms with E-state index in [-0.39, 0.29) is 47.5 Å². The van der Waals surface area contributed by atoms with Crippen LogP contribution in [0.2, 0.25) is 5.02 Å². The van der Waals surface area contributed by atoms with Gasteiger partial charge >= 0.3 is 0 Å². The summed E-state index contributed by atoms with van der Waals surface area (Å²) in [5, 5.41) is 3.19. The Morgan fingerprint density at radius 3 is 2.43 bits per heavy atom. The van der Waals surface area contributed by atoms with Crippen LogP contribution < -0.4 is 10.1 Å². The molecule has 3 rings (SSSR count). The summed E-state index contributed by atoms with van der Waals surface area (Å²) >= 11 is 6.01. The van der Waals surface area contributed by atoms with E-state index in [1.165, 1.54) is 22.5 Å². The second-order valence-corrected chi connectivity index (χ2v) is 11.8. The van der Waals surface area contributed by atoms with Crippen molar-refractivity contribution in [3.05, 3.63) is 63.4 Å². The molecular formula is C26H34ClFN2O4S. The van der Waals surface area contributed by atoms with Gasteiger partial charge in [-0.2, -0.15) is 0 Å². The monoisotopic (exact) mass is 524 g/mol. The lowest BCUT2D eigenvalue weighted by Gasteiger charge is -2.31. The molecule has 0 unspecified atom stereocenters. The van der Waals surface area contributed by atoms with Crippen molar-refractivity contribution < 1.29 is 22.3 Å². The molecule has 6 nitrogen and oxygen atoms in total. The van der Waals surface area contributed by atoms with Crippen molar-refractivity contribution in [2.24, 2.45) is 5.92 Å². The van der Waals surface area contributed by atoms with Crippen molar-refractivity contribution >= 4 is 27.5 Å². The summed E-state index contributed by atoms with van der Waals surface area (Å²) in [4.78, 5) is 13.0. The van der Waals surface area contributed by atoms with Crippen molar-refractivity contribution in [1.29, 1.82) is 0 Å². The van der Waals surface area contributed by atoms with Crippen molar-refractivity contribution in [1.82, 2.24) is 9.62 Å². The van der Waals surface area contributed by atoms with Crippen LogP contribution in [0.5, 0.6) is 5.75 Å². The predicted molar refractivity (Wildman–Crippen MR) is 137 cm³/mol. The van der Waals surface area contributed by atoms with E-state index in [4.69, 9.17) is 16.3 Å². The standard InChI is InChI=1S/C26H34ClFN2O4S/c1-16(2)20-14-21(17(3)13-25(20)34-5)18(4)29-26(31)19-9-11-30(12-10-19)35(32,33)15-22-23(27)7-6-8-24(22)28/h6-8,13-14,16,18-19H,9-12,15H2,1-5H3,(H,29,31)/t18-/m0/s1. The number of carbonyl (C=O) groups is 1. The maximum atomic E-state index is 14.1. The van der Waals surface area contributed by atoms with Gasteiger partial charge in [-0.15, -0.1) is 0 Å². The largest absolute Gasteiger partial charge is 0.496 e. The molecular weight excluding hydrogens is 491 g/mol. The van der Waals surface area contributed by atoms with Crippen LogP contribution in [0.1, 0.15) is 67.8 Å². The number of rotatable bonds is 8. The van der Waals surface area contributed by atoms with E-state index >= 15 is 0 Å². The highest BCUT2D eigenvalue weighted by atomic mass is 35.5. The first-order valence-electron chi connectivity index (χ1n) is 11.8. The van der Waals surface area contributed by atoms with E-state index in [1.54, 1.807) is 7.11 Å². The lowest BCUT2D eigenvalue weighted by Crippen LogP contribution is -2.43. The molecule has 2 aromatic carbocycles. The Morgan fingerprint density at radius 1 is 1.20 bits per heavy atom. The molecule has 0 aromatic heterocycles. The number of benzene rings is 2. The second kappa shape index (κ2) is 11.3. The summed E-state index contributed by atoms with van der Waals surface area (Å²) in [6.45, 7) is 8.56. The number of aryl methyl sites for hydroxylation is 1. The Balaban J connectivity index is 1.63. The van der Waals surface area contributed by atoms with Crippen LogP contribution in [0.3, 0.4) is 0 Å². The quantitative estimate of drug-likeness (QED) is 0.506. The first kappa shape index (κ1) is 27.4. The summed E-state index contributed by atoms with van der Waals surface area (Å²) in [5.41, 5.74) is 3.12. The van der Waals surface area contributed by atoms with Gasteiger partial charge in [-0.1, -0.05) is 31.5 Å². The molecule has 1 heterocycles. The number of amides is 1. The summed E-state index contributed by atoms with van der Waals surface area (Å²) in [6.07, 6.45) is 0.809. The minimum Gasteiger partial charge on any atom is -0.496 e. The maximum Gasteiger partial charge on any atom is 0.223 e. The third kappa shape index (κ3) is 6.35. The molecule has 0 bridgehead atoms. The van der Waals surface area contributed by atoms with E-state index < -0.39 is 21.6 Å². The summed E-state index contributed by atoms with van der Waals surface area (Å²) in [6, 6.07) is 8.00.